The zero-order valence-electron chi connectivity index (χ0n) is 17.1. The van der Waals surface area contributed by atoms with Crippen LogP contribution in [0.2, 0.25) is 0 Å². The molecule has 0 spiro atoms. The third-order valence-corrected chi connectivity index (χ3v) is 5.23. The lowest BCUT2D eigenvalue weighted by Gasteiger charge is -2.24. The monoisotopic (exact) mass is 406 g/mol. The van der Waals surface area contributed by atoms with Crippen LogP contribution in [-0.2, 0) is 11.3 Å². The lowest BCUT2D eigenvalue weighted by molar-refractivity contribution is 0.146. The summed E-state index contributed by atoms with van der Waals surface area (Å²) in [6.07, 6.45) is 3.75. The molecule has 156 valence electrons. The molecule has 3 aromatic rings. The first-order chi connectivity index (χ1) is 14.7. The van der Waals surface area contributed by atoms with Gasteiger partial charge in [-0.1, -0.05) is 18.2 Å². The summed E-state index contributed by atoms with van der Waals surface area (Å²) in [5.74, 6) is 1.54. The highest BCUT2D eigenvalue weighted by molar-refractivity contribution is 5.52. The first kappa shape index (κ1) is 20.3. The van der Waals surface area contributed by atoms with Gasteiger partial charge in [0.2, 0.25) is 0 Å². The smallest absolute Gasteiger partial charge is 0.251 e. The Hall–Kier alpha value is -3.03. The molecule has 4 rings (SSSR count). The second-order valence-electron chi connectivity index (χ2n) is 7.34. The molecule has 30 heavy (non-hydrogen) atoms. The summed E-state index contributed by atoms with van der Waals surface area (Å²) in [6.45, 7) is 2.87. The minimum absolute atomic E-state index is 0.0824. The van der Waals surface area contributed by atoms with Gasteiger partial charge in [0, 0.05) is 25.9 Å². The maximum Gasteiger partial charge on any atom is 0.251 e. The molecule has 0 bridgehead atoms. The number of likely N-dealkylation sites (tertiary alicyclic amines) is 1. The van der Waals surface area contributed by atoms with Crippen LogP contribution in [0.5, 0.6) is 5.75 Å². The van der Waals surface area contributed by atoms with Crippen molar-refractivity contribution in [3.63, 3.8) is 0 Å². The number of hydrogen-bond acceptors (Lipinski definition) is 6. The van der Waals surface area contributed by atoms with E-state index in [0.717, 1.165) is 31.7 Å². The van der Waals surface area contributed by atoms with Gasteiger partial charge in [-0.05, 0) is 49.2 Å². The van der Waals surface area contributed by atoms with Crippen LogP contribution in [-0.4, -0.2) is 46.7 Å². The Labute approximate surface area is 175 Å². The number of H-pyrrole nitrogens is 1. The molecule has 1 aliphatic heterocycles. The molecule has 3 heterocycles. The number of methoxy groups -OCH3 is 1. The summed E-state index contributed by atoms with van der Waals surface area (Å²) in [7, 11) is 1.66. The van der Waals surface area contributed by atoms with E-state index in [-0.39, 0.29) is 11.6 Å². The van der Waals surface area contributed by atoms with Crippen LogP contribution in [0.1, 0.15) is 30.3 Å². The van der Waals surface area contributed by atoms with Gasteiger partial charge in [0.1, 0.15) is 18.2 Å². The summed E-state index contributed by atoms with van der Waals surface area (Å²) in [5, 5.41) is 0. The first-order valence-electron chi connectivity index (χ1n) is 10.2. The topological polar surface area (TPSA) is 80.3 Å². The number of ether oxygens (including phenoxy) is 2. The number of aromatic amines is 1. The molecule has 1 atom stereocenters. The van der Waals surface area contributed by atoms with Gasteiger partial charge in [0.05, 0.1) is 24.0 Å². The van der Waals surface area contributed by atoms with Crippen molar-refractivity contribution < 1.29 is 9.47 Å². The first-order valence-corrected chi connectivity index (χ1v) is 10.2. The number of benzene rings is 1. The van der Waals surface area contributed by atoms with Crippen LogP contribution in [0.4, 0.5) is 0 Å². The molecule has 0 radical (unpaired) electrons. The zero-order chi connectivity index (χ0) is 20.8. The van der Waals surface area contributed by atoms with Gasteiger partial charge in [-0.3, -0.25) is 14.7 Å². The van der Waals surface area contributed by atoms with E-state index in [1.807, 2.05) is 30.3 Å². The second-order valence-corrected chi connectivity index (χ2v) is 7.34. The fourth-order valence-corrected chi connectivity index (χ4v) is 3.77. The third-order valence-electron chi connectivity index (χ3n) is 5.23. The Morgan fingerprint density at radius 2 is 2.00 bits per heavy atom. The van der Waals surface area contributed by atoms with E-state index < -0.39 is 0 Å². The van der Waals surface area contributed by atoms with Gasteiger partial charge in [-0.25, -0.2) is 4.98 Å². The second kappa shape index (κ2) is 9.65. The van der Waals surface area contributed by atoms with Crippen molar-refractivity contribution in [2.45, 2.75) is 25.4 Å². The Kier molecular flexibility index (Phi) is 6.51. The summed E-state index contributed by atoms with van der Waals surface area (Å²) >= 11 is 0. The zero-order valence-corrected chi connectivity index (χ0v) is 17.1. The van der Waals surface area contributed by atoms with Crippen LogP contribution < -0.4 is 10.3 Å². The highest BCUT2D eigenvalue weighted by Gasteiger charge is 2.28. The average Bonchev–Trinajstić information content (AvgIpc) is 3.23. The molecular weight excluding hydrogens is 380 g/mol. The van der Waals surface area contributed by atoms with Crippen LogP contribution in [0.15, 0.2) is 59.5 Å². The van der Waals surface area contributed by atoms with Gasteiger partial charge >= 0.3 is 0 Å². The molecule has 1 fully saturated rings. The summed E-state index contributed by atoms with van der Waals surface area (Å²) in [6, 6.07) is 15.3. The van der Waals surface area contributed by atoms with E-state index in [1.54, 1.807) is 13.3 Å². The van der Waals surface area contributed by atoms with Gasteiger partial charge in [-0.15, -0.1) is 0 Å². The SMILES string of the molecule is COCCOc1ccc(CN2CCCC2c2nc(-c3ccccn3)cc(=O)[nH]2)cc1. The molecule has 0 aliphatic carbocycles. The summed E-state index contributed by atoms with van der Waals surface area (Å²) < 4.78 is 10.6. The predicted molar refractivity (Wildman–Crippen MR) is 114 cm³/mol. The van der Waals surface area contributed by atoms with Crippen molar-refractivity contribution >= 4 is 0 Å². The van der Waals surface area contributed by atoms with Crippen LogP contribution >= 0.6 is 0 Å². The Morgan fingerprint density at radius 1 is 1.13 bits per heavy atom. The molecule has 1 aromatic carbocycles. The minimum Gasteiger partial charge on any atom is -0.491 e. The van der Waals surface area contributed by atoms with E-state index in [1.165, 1.54) is 11.6 Å². The molecule has 2 aromatic heterocycles. The standard InChI is InChI=1S/C23H26N4O3/c1-29-13-14-30-18-9-7-17(8-10-18)16-27-12-4-6-21(27)23-25-20(15-22(28)26-23)19-5-2-3-11-24-19/h2-3,5,7-11,15,21H,4,6,12-14,16H2,1H3,(H,25,26,28). The van der Waals surface area contributed by atoms with Crippen molar-refractivity contribution in [2.75, 3.05) is 26.9 Å². The molecule has 7 heteroatoms. The maximum atomic E-state index is 12.3. The van der Waals surface area contributed by atoms with Crippen LogP contribution in [0, 0.1) is 0 Å². The van der Waals surface area contributed by atoms with E-state index in [0.29, 0.717) is 30.4 Å². The van der Waals surface area contributed by atoms with Crippen molar-refractivity contribution in [1.82, 2.24) is 19.9 Å². The van der Waals surface area contributed by atoms with E-state index >= 15 is 0 Å². The average molecular weight is 406 g/mol. The molecule has 1 N–H and O–H groups in total. The van der Waals surface area contributed by atoms with Crippen molar-refractivity contribution in [1.29, 1.82) is 0 Å². The molecule has 1 unspecified atom stereocenters. The molecule has 0 amide bonds. The van der Waals surface area contributed by atoms with Gasteiger partial charge in [0.15, 0.2) is 0 Å². The van der Waals surface area contributed by atoms with Gasteiger partial charge in [-0.2, -0.15) is 0 Å². The number of hydrogen-bond donors (Lipinski definition) is 1. The lowest BCUT2D eigenvalue weighted by Crippen LogP contribution is -2.26. The summed E-state index contributed by atoms with van der Waals surface area (Å²) in [5.41, 5.74) is 2.37. The molecular formula is C23H26N4O3. The lowest BCUT2D eigenvalue weighted by atomic mass is 10.1. The van der Waals surface area contributed by atoms with Crippen molar-refractivity contribution in [3.8, 4) is 17.1 Å². The largest absolute Gasteiger partial charge is 0.491 e. The fourth-order valence-electron chi connectivity index (χ4n) is 3.77. The number of nitrogens with one attached hydrogen (secondary N) is 1. The Balaban J connectivity index is 1.49. The maximum absolute atomic E-state index is 12.3. The molecule has 1 saturated heterocycles. The number of rotatable bonds is 8. The highest BCUT2D eigenvalue weighted by Crippen LogP contribution is 2.31. The Bertz CT molecular complexity index is 1000. The number of aromatic nitrogens is 3. The molecule has 1 aliphatic rings. The predicted octanol–water partition coefficient (Wildman–Crippen LogP) is 3.19. The van der Waals surface area contributed by atoms with Gasteiger partial charge < -0.3 is 14.5 Å². The number of pyridine rings is 1. The minimum atomic E-state index is -0.148. The highest BCUT2D eigenvalue weighted by atomic mass is 16.5. The normalized spacial score (nSPS) is 16.6. The quantitative estimate of drug-likeness (QED) is 0.579. The van der Waals surface area contributed by atoms with E-state index in [2.05, 4.69) is 27.0 Å². The van der Waals surface area contributed by atoms with E-state index in [9.17, 15) is 4.79 Å². The van der Waals surface area contributed by atoms with Crippen LogP contribution in [0.3, 0.4) is 0 Å². The summed E-state index contributed by atoms with van der Waals surface area (Å²) in [4.78, 5) is 26.7. The van der Waals surface area contributed by atoms with Crippen LogP contribution in [0.25, 0.3) is 11.4 Å². The fraction of sp³-hybridized carbons (Fsp3) is 0.348. The van der Waals surface area contributed by atoms with Gasteiger partial charge in [0.25, 0.3) is 5.56 Å². The van der Waals surface area contributed by atoms with E-state index in [4.69, 9.17) is 14.5 Å². The van der Waals surface area contributed by atoms with Crippen molar-refractivity contribution in [2.24, 2.45) is 0 Å². The third kappa shape index (κ3) is 4.93. The number of nitrogens with zero attached hydrogens (tertiary/aromatic N) is 3. The molecule has 7 nitrogen and oxygen atoms in total. The van der Waals surface area contributed by atoms with Crippen molar-refractivity contribution in [3.05, 3.63) is 76.5 Å². The molecule has 0 saturated carbocycles. The Morgan fingerprint density at radius 3 is 2.77 bits per heavy atom.